The van der Waals surface area contributed by atoms with Crippen LogP contribution in [0.5, 0.6) is 0 Å². The first-order valence-electron chi connectivity index (χ1n) is 10.4. The molecular weight excluding hydrogens is 420 g/mol. The smallest absolute Gasteiger partial charge is 0.248 e. The van der Waals surface area contributed by atoms with Gasteiger partial charge in [-0.2, -0.15) is 4.31 Å². The van der Waals surface area contributed by atoms with Gasteiger partial charge in [-0.1, -0.05) is 17.3 Å². The molecule has 1 aromatic carbocycles. The second-order valence-corrected chi connectivity index (χ2v) is 9.89. The third kappa shape index (κ3) is 4.09. The van der Waals surface area contributed by atoms with E-state index in [1.54, 1.807) is 30.9 Å². The van der Waals surface area contributed by atoms with Gasteiger partial charge < -0.3 is 14.7 Å². The van der Waals surface area contributed by atoms with Crippen LogP contribution in [0.4, 0.5) is 11.4 Å². The number of nitrogens with one attached hydrogen (secondary N) is 1. The number of piperidine rings is 1. The van der Waals surface area contributed by atoms with E-state index in [4.69, 9.17) is 4.52 Å². The predicted octanol–water partition coefficient (Wildman–Crippen LogP) is 2.46. The van der Waals surface area contributed by atoms with E-state index in [1.807, 2.05) is 12.1 Å². The van der Waals surface area contributed by atoms with Gasteiger partial charge in [-0.3, -0.25) is 9.59 Å². The predicted molar refractivity (Wildman–Crippen MR) is 114 cm³/mol. The second kappa shape index (κ2) is 8.43. The first-order chi connectivity index (χ1) is 14.8. The van der Waals surface area contributed by atoms with Gasteiger partial charge in [0.2, 0.25) is 21.8 Å². The van der Waals surface area contributed by atoms with Gasteiger partial charge in [-0.25, -0.2) is 8.42 Å². The summed E-state index contributed by atoms with van der Waals surface area (Å²) in [7, 11) is -3.80. The molecule has 0 saturated carbocycles. The molecule has 1 atom stereocenters. The Balaban J connectivity index is 1.51. The summed E-state index contributed by atoms with van der Waals surface area (Å²) in [6, 6.07) is 7.21. The Morgan fingerprint density at radius 1 is 1.19 bits per heavy atom. The van der Waals surface area contributed by atoms with Gasteiger partial charge in [-0.05, 0) is 45.2 Å². The summed E-state index contributed by atoms with van der Waals surface area (Å²) in [5.74, 6) is -0.464. The maximum absolute atomic E-state index is 13.1. The molecular formula is C21H26N4O5S. The standard InChI is InChI=1S/C21H26N4O5S/c1-14-20(15(2)30-23-14)31(28,29)24-11-5-7-16(13-24)21(27)22-17-8-3-4-9-18(17)25-12-6-10-19(25)26/h3-4,8-9,16H,5-7,10-13H2,1-2H3,(H,22,27). The molecule has 2 aromatic rings. The van der Waals surface area contributed by atoms with E-state index in [-0.39, 0.29) is 29.0 Å². The minimum Gasteiger partial charge on any atom is -0.360 e. The fraction of sp³-hybridized carbons (Fsp3) is 0.476. The fourth-order valence-electron chi connectivity index (χ4n) is 4.30. The van der Waals surface area contributed by atoms with Crippen molar-refractivity contribution >= 4 is 33.2 Å². The number of aromatic nitrogens is 1. The first-order valence-corrected chi connectivity index (χ1v) is 11.9. The molecule has 31 heavy (non-hydrogen) atoms. The normalized spacial score (nSPS) is 20.3. The number of rotatable bonds is 5. The van der Waals surface area contributed by atoms with Crippen LogP contribution in [0.25, 0.3) is 0 Å². The van der Waals surface area contributed by atoms with Crippen molar-refractivity contribution in [1.29, 1.82) is 0 Å². The summed E-state index contributed by atoms with van der Waals surface area (Å²) in [4.78, 5) is 27.0. The highest BCUT2D eigenvalue weighted by molar-refractivity contribution is 7.89. The van der Waals surface area contributed by atoms with Crippen LogP contribution in [-0.4, -0.2) is 49.3 Å². The minimum absolute atomic E-state index is 0.0381. The highest BCUT2D eigenvalue weighted by atomic mass is 32.2. The Labute approximate surface area is 181 Å². The third-order valence-electron chi connectivity index (χ3n) is 5.85. The molecule has 2 fully saturated rings. The van der Waals surface area contributed by atoms with Gasteiger partial charge in [0, 0.05) is 26.1 Å². The van der Waals surface area contributed by atoms with Crippen molar-refractivity contribution in [2.75, 3.05) is 29.9 Å². The summed E-state index contributed by atoms with van der Waals surface area (Å²) in [5, 5.41) is 6.67. The fourth-order valence-corrected chi connectivity index (χ4v) is 6.11. The molecule has 1 aromatic heterocycles. The lowest BCUT2D eigenvalue weighted by Crippen LogP contribution is -2.44. The van der Waals surface area contributed by atoms with Crippen molar-refractivity contribution in [3.05, 3.63) is 35.7 Å². The maximum Gasteiger partial charge on any atom is 0.248 e. The van der Waals surface area contributed by atoms with Crippen molar-refractivity contribution < 1.29 is 22.5 Å². The van der Waals surface area contributed by atoms with E-state index < -0.39 is 15.9 Å². The summed E-state index contributed by atoms with van der Waals surface area (Å²) >= 11 is 0. The van der Waals surface area contributed by atoms with E-state index >= 15 is 0 Å². The molecule has 1 N–H and O–H groups in total. The van der Waals surface area contributed by atoms with Crippen molar-refractivity contribution in [3.8, 4) is 0 Å². The SMILES string of the molecule is Cc1noc(C)c1S(=O)(=O)N1CCCC(C(=O)Nc2ccccc2N2CCCC2=O)C1. The number of carbonyl (C=O) groups excluding carboxylic acids is 2. The molecule has 3 heterocycles. The highest BCUT2D eigenvalue weighted by Gasteiger charge is 2.36. The molecule has 0 aliphatic carbocycles. The van der Waals surface area contributed by atoms with E-state index in [9.17, 15) is 18.0 Å². The van der Waals surface area contributed by atoms with E-state index in [0.29, 0.717) is 49.4 Å². The molecule has 4 rings (SSSR count). The average molecular weight is 447 g/mol. The van der Waals surface area contributed by atoms with Gasteiger partial charge in [0.25, 0.3) is 0 Å². The van der Waals surface area contributed by atoms with Gasteiger partial charge in [0.05, 0.1) is 17.3 Å². The zero-order valence-corrected chi connectivity index (χ0v) is 18.4. The topological polar surface area (TPSA) is 113 Å². The number of benzene rings is 1. The van der Waals surface area contributed by atoms with Gasteiger partial charge in [0.1, 0.15) is 10.6 Å². The molecule has 0 bridgehead atoms. The van der Waals surface area contributed by atoms with Crippen LogP contribution in [0.15, 0.2) is 33.7 Å². The summed E-state index contributed by atoms with van der Waals surface area (Å²) < 4.78 is 32.6. The van der Waals surface area contributed by atoms with Crippen LogP contribution >= 0.6 is 0 Å². The van der Waals surface area contributed by atoms with Gasteiger partial charge >= 0.3 is 0 Å². The van der Waals surface area contributed by atoms with Crippen molar-refractivity contribution in [2.24, 2.45) is 5.92 Å². The second-order valence-electron chi connectivity index (χ2n) is 8.01. The molecule has 10 heteroatoms. The lowest BCUT2D eigenvalue weighted by molar-refractivity contribution is -0.121. The van der Waals surface area contributed by atoms with Crippen LogP contribution in [0, 0.1) is 19.8 Å². The lowest BCUT2D eigenvalue weighted by Gasteiger charge is -2.31. The van der Waals surface area contributed by atoms with Crippen molar-refractivity contribution in [2.45, 2.75) is 44.4 Å². The number of hydrogen-bond acceptors (Lipinski definition) is 6. The molecule has 2 aliphatic heterocycles. The summed E-state index contributed by atoms with van der Waals surface area (Å²) in [6.45, 7) is 4.21. The Morgan fingerprint density at radius 2 is 1.97 bits per heavy atom. The molecule has 9 nitrogen and oxygen atoms in total. The van der Waals surface area contributed by atoms with Crippen molar-refractivity contribution in [1.82, 2.24) is 9.46 Å². The lowest BCUT2D eigenvalue weighted by atomic mass is 9.98. The zero-order valence-electron chi connectivity index (χ0n) is 17.6. The van der Waals surface area contributed by atoms with Crippen LogP contribution in [0.1, 0.15) is 37.1 Å². The zero-order chi connectivity index (χ0) is 22.2. The number of carbonyl (C=O) groups is 2. The average Bonchev–Trinajstić information content (AvgIpc) is 3.33. The number of para-hydroxylation sites is 2. The van der Waals surface area contributed by atoms with E-state index in [0.717, 1.165) is 6.42 Å². The summed E-state index contributed by atoms with van der Waals surface area (Å²) in [5.41, 5.74) is 1.55. The van der Waals surface area contributed by atoms with Gasteiger partial charge in [0.15, 0.2) is 5.76 Å². The number of nitrogens with zero attached hydrogens (tertiary/aromatic N) is 3. The number of amides is 2. The van der Waals surface area contributed by atoms with Crippen LogP contribution in [0.2, 0.25) is 0 Å². The van der Waals surface area contributed by atoms with Crippen LogP contribution < -0.4 is 10.2 Å². The monoisotopic (exact) mass is 446 g/mol. The number of aryl methyl sites for hydroxylation is 2. The molecule has 1 unspecified atom stereocenters. The maximum atomic E-state index is 13.1. The van der Waals surface area contributed by atoms with Crippen LogP contribution in [0.3, 0.4) is 0 Å². The van der Waals surface area contributed by atoms with Gasteiger partial charge in [-0.15, -0.1) is 0 Å². The Hall–Kier alpha value is -2.72. The molecule has 0 radical (unpaired) electrons. The molecule has 2 amide bonds. The highest BCUT2D eigenvalue weighted by Crippen LogP contribution is 2.31. The molecule has 2 aliphatic rings. The minimum atomic E-state index is -3.80. The Morgan fingerprint density at radius 3 is 2.65 bits per heavy atom. The Bertz CT molecular complexity index is 1090. The van der Waals surface area contributed by atoms with Crippen molar-refractivity contribution in [3.63, 3.8) is 0 Å². The molecule has 166 valence electrons. The first kappa shape index (κ1) is 21.5. The largest absolute Gasteiger partial charge is 0.360 e. The number of anilines is 2. The number of hydrogen-bond donors (Lipinski definition) is 1. The number of sulfonamides is 1. The molecule has 0 spiro atoms. The Kier molecular flexibility index (Phi) is 5.85. The molecule has 2 saturated heterocycles. The summed E-state index contributed by atoms with van der Waals surface area (Å²) in [6.07, 6.45) is 2.45. The third-order valence-corrected chi connectivity index (χ3v) is 7.96. The quantitative estimate of drug-likeness (QED) is 0.755. The van der Waals surface area contributed by atoms with E-state index in [2.05, 4.69) is 10.5 Å². The van der Waals surface area contributed by atoms with E-state index in [1.165, 1.54) is 4.31 Å². The van der Waals surface area contributed by atoms with Crippen LogP contribution in [-0.2, 0) is 19.6 Å².